The number of aryl methyl sites for hydroxylation is 1. The van der Waals surface area contributed by atoms with Crippen molar-refractivity contribution < 1.29 is 0 Å². The van der Waals surface area contributed by atoms with Crippen molar-refractivity contribution in [2.45, 2.75) is 39.3 Å². The van der Waals surface area contributed by atoms with E-state index in [1.165, 1.54) is 22.4 Å². The molecule has 0 aliphatic heterocycles. The molecular weight excluding hydrogens is 416 g/mol. The fourth-order valence-electron chi connectivity index (χ4n) is 3.54. The molecule has 34 heavy (non-hydrogen) atoms. The largest absolute Gasteiger partial charge is 0.360 e. The molecule has 4 rings (SSSR count). The van der Waals surface area contributed by atoms with E-state index in [4.69, 9.17) is 0 Å². The van der Waals surface area contributed by atoms with Crippen LogP contribution in [0.2, 0.25) is 0 Å². The summed E-state index contributed by atoms with van der Waals surface area (Å²) in [7, 11) is 0. The third-order valence-electron chi connectivity index (χ3n) is 5.27. The summed E-state index contributed by atoms with van der Waals surface area (Å²) < 4.78 is 0. The molecule has 0 bridgehead atoms. The zero-order chi connectivity index (χ0) is 23.7. The highest BCUT2D eigenvalue weighted by molar-refractivity contribution is 5.57. The van der Waals surface area contributed by atoms with E-state index in [-0.39, 0.29) is 6.15 Å². The van der Waals surface area contributed by atoms with E-state index in [1.807, 2.05) is 18.2 Å². The second-order valence-electron chi connectivity index (χ2n) is 7.79. The average molecular weight is 457 g/mol. The first kappa shape index (κ1) is 28.6. The van der Waals surface area contributed by atoms with Crippen LogP contribution in [0, 0.1) is 6.92 Å². The van der Waals surface area contributed by atoms with Crippen LogP contribution in [-0.2, 0) is 6.54 Å². The molecule has 0 heterocycles. The second-order valence-corrected chi connectivity index (χ2v) is 7.79. The van der Waals surface area contributed by atoms with Gasteiger partial charge in [0.15, 0.2) is 0 Å². The van der Waals surface area contributed by atoms with E-state index in [9.17, 15) is 0 Å². The van der Waals surface area contributed by atoms with Crippen molar-refractivity contribution in [3.8, 4) is 0 Å². The number of hydrogen-bond donors (Lipinski definition) is 3. The molecule has 4 nitrogen and oxygen atoms in total. The number of hydrogen-bond acceptors (Lipinski definition) is 4. The summed E-state index contributed by atoms with van der Waals surface area (Å²) in [4.78, 5) is 2.49. The van der Waals surface area contributed by atoms with Gasteiger partial charge in [-0.2, -0.15) is 0 Å². The first-order valence-corrected chi connectivity index (χ1v) is 11.5. The lowest BCUT2D eigenvalue weighted by molar-refractivity contribution is 0.685. The number of hydrazine groups is 1. The van der Waals surface area contributed by atoms with Crippen molar-refractivity contribution in [3.63, 3.8) is 0 Å². The van der Waals surface area contributed by atoms with Gasteiger partial charge in [0.2, 0.25) is 0 Å². The molecule has 0 aromatic heterocycles. The Labute approximate surface area is 205 Å². The Morgan fingerprint density at radius 2 is 1.47 bits per heavy atom. The summed E-state index contributed by atoms with van der Waals surface area (Å²) in [6, 6.07) is 30.3. The summed E-state index contributed by atoms with van der Waals surface area (Å²) in [5.41, 5.74) is 5.20. The minimum Gasteiger partial charge on any atom is -0.360 e. The predicted molar refractivity (Wildman–Crippen MR) is 150 cm³/mol. The lowest BCUT2D eigenvalue weighted by Crippen LogP contribution is -2.33. The van der Waals surface area contributed by atoms with Gasteiger partial charge in [-0.25, -0.2) is 0 Å². The molecule has 1 atom stereocenters. The van der Waals surface area contributed by atoms with Gasteiger partial charge in [0.25, 0.3) is 0 Å². The molecule has 3 aromatic carbocycles. The van der Waals surface area contributed by atoms with Crippen LogP contribution < -0.4 is 22.7 Å². The zero-order valence-electron chi connectivity index (χ0n) is 20.6. The maximum Gasteiger partial charge on any atom is 0.0514 e. The summed E-state index contributed by atoms with van der Waals surface area (Å²) >= 11 is 0. The Kier molecular flexibility index (Phi) is 14.4. The van der Waals surface area contributed by atoms with Gasteiger partial charge in [0, 0.05) is 12.2 Å². The van der Waals surface area contributed by atoms with Gasteiger partial charge in [-0.3, -0.25) is 11.7 Å². The SMILES string of the molecule is CC/C=C/c1ccc(N(Cc2ccccc2)C2C=CC=CC2)cc1.Cc1ccccc1.N.NN. The van der Waals surface area contributed by atoms with Gasteiger partial charge in [-0.15, -0.1) is 0 Å². The third kappa shape index (κ3) is 10.0. The molecule has 0 fully saturated rings. The molecule has 1 unspecified atom stereocenters. The number of nitrogens with two attached hydrogens (primary N) is 2. The molecule has 0 saturated carbocycles. The van der Waals surface area contributed by atoms with Crippen LogP contribution in [0.25, 0.3) is 6.08 Å². The molecular formula is C30H40N4. The third-order valence-corrected chi connectivity index (χ3v) is 5.27. The van der Waals surface area contributed by atoms with Crippen LogP contribution in [0.3, 0.4) is 0 Å². The quantitative estimate of drug-likeness (QED) is 0.276. The van der Waals surface area contributed by atoms with Gasteiger partial charge in [0.1, 0.15) is 0 Å². The second kappa shape index (κ2) is 17.1. The lowest BCUT2D eigenvalue weighted by Gasteiger charge is -2.32. The van der Waals surface area contributed by atoms with Crippen molar-refractivity contribution in [2.75, 3.05) is 4.90 Å². The summed E-state index contributed by atoms with van der Waals surface area (Å²) in [5, 5.41) is 0. The summed E-state index contributed by atoms with van der Waals surface area (Å²) in [6.45, 7) is 5.17. The standard InChI is InChI=1S/C23H25N.C7H8.H4N2.H3N/c1-2-3-10-20-15-17-23(18-16-20)24(22-13-8-5-9-14-22)19-21-11-6-4-7-12-21;1-7-5-3-2-4-6-7;1-2;/h3-13,15-18,22H,2,14,19H2,1H3;2-6H,1H3;1-2H2;1H3/b10-3+;;;. The summed E-state index contributed by atoms with van der Waals surface area (Å²) in [5.74, 6) is 8.00. The van der Waals surface area contributed by atoms with Gasteiger partial charge in [-0.05, 0) is 43.0 Å². The molecule has 7 N–H and O–H groups in total. The van der Waals surface area contributed by atoms with Crippen molar-refractivity contribution in [3.05, 3.63) is 132 Å². The highest BCUT2D eigenvalue weighted by atomic mass is 15.2. The van der Waals surface area contributed by atoms with E-state index in [1.54, 1.807) is 0 Å². The van der Waals surface area contributed by atoms with Gasteiger partial charge >= 0.3 is 0 Å². The van der Waals surface area contributed by atoms with Gasteiger partial charge in [-0.1, -0.05) is 122 Å². The Morgan fingerprint density at radius 3 is 1.97 bits per heavy atom. The molecule has 0 amide bonds. The van der Waals surface area contributed by atoms with E-state index in [0.29, 0.717) is 6.04 Å². The van der Waals surface area contributed by atoms with E-state index in [2.05, 4.69) is 134 Å². The first-order chi connectivity index (χ1) is 16.3. The molecule has 1 aliphatic carbocycles. The molecule has 3 aromatic rings. The number of allylic oxidation sites excluding steroid dienone is 3. The van der Waals surface area contributed by atoms with Crippen LogP contribution in [-0.4, -0.2) is 6.04 Å². The van der Waals surface area contributed by atoms with Crippen molar-refractivity contribution in [1.29, 1.82) is 0 Å². The van der Waals surface area contributed by atoms with Crippen LogP contribution >= 0.6 is 0 Å². The Morgan fingerprint density at radius 1 is 0.853 bits per heavy atom. The number of rotatable bonds is 6. The lowest BCUT2D eigenvalue weighted by atomic mass is 10.0. The normalized spacial score (nSPS) is 13.7. The smallest absolute Gasteiger partial charge is 0.0514 e. The zero-order valence-corrected chi connectivity index (χ0v) is 20.6. The number of benzene rings is 3. The Hall–Kier alpha value is -3.44. The molecule has 0 saturated heterocycles. The fourth-order valence-corrected chi connectivity index (χ4v) is 3.54. The van der Waals surface area contributed by atoms with Crippen LogP contribution in [0.15, 0.2) is 115 Å². The Bertz CT molecular complexity index is 977. The van der Waals surface area contributed by atoms with Crippen LogP contribution in [0.1, 0.15) is 36.5 Å². The molecule has 1 aliphatic rings. The molecule has 180 valence electrons. The first-order valence-electron chi connectivity index (χ1n) is 11.5. The molecule has 0 radical (unpaired) electrons. The minimum absolute atomic E-state index is 0. The van der Waals surface area contributed by atoms with E-state index in [0.717, 1.165) is 19.4 Å². The molecule has 4 heteroatoms. The monoisotopic (exact) mass is 456 g/mol. The summed E-state index contributed by atoms with van der Waals surface area (Å²) in [6.07, 6.45) is 15.4. The van der Waals surface area contributed by atoms with Crippen molar-refractivity contribution >= 4 is 11.8 Å². The maximum absolute atomic E-state index is 4.00. The van der Waals surface area contributed by atoms with E-state index < -0.39 is 0 Å². The maximum atomic E-state index is 4.00. The van der Waals surface area contributed by atoms with Crippen molar-refractivity contribution in [2.24, 2.45) is 11.7 Å². The number of nitrogens with zero attached hydrogens (tertiary/aromatic N) is 1. The number of anilines is 1. The van der Waals surface area contributed by atoms with E-state index >= 15 is 0 Å². The minimum atomic E-state index is 0. The topological polar surface area (TPSA) is 90.3 Å². The van der Waals surface area contributed by atoms with Crippen molar-refractivity contribution in [1.82, 2.24) is 6.15 Å². The van der Waals surface area contributed by atoms with Crippen LogP contribution in [0.5, 0.6) is 0 Å². The van der Waals surface area contributed by atoms with Gasteiger partial charge < -0.3 is 11.1 Å². The average Bonchev–Trinajstić information content (AvgIpc) is 2.90. The molecule has 0 spiro atoms. The van der Waals surface area contributed by atoms with Crippen LogP contribution in [0.4, 0.5) is 5.69 Å². The highest BCUT2D eigenvalue weighted by Gasteiger charge is 2.17. The fraction of sp³-hybridized carbons (Fsp3) is 0.200. The Balaban J connectivity index is 0.000000491. The predicted octanol–water partition coefficient (Wildman–Crippen LogP) is 6.98. The van der Waals surface area contributed by atoms with Gasteiger partial charge in [0.05, 0.1) is 6.04 Å². The highest BCUT2D eigenvalue weighted by Crippen LogP contribution is 2.25.